The molecular weight excluding hydrogens is 354 g/mol. The lowest BCUT2D eigenvalue weighted by molar-refractivity contribution is -0.137. The molecule has 7 nitrogen and oxygen atoms in total. The maximum absolute atomic E-state index is 13.2. The van der Waals surface area contributed by atoms with Crippen molar-refractivity contribution < 1.29 is 18.3 Å². The van der Waals surface area contributed by atoms with Crippen LogP contribution in [0.15, 0.2) is 47.4 Å². The predicted octanol–water partition coefficient (Wildman–Crippen LogP) is 3.17. The standard InChI is InChI=1S/C18H21N3O4S/c19-13-7-6-9-15-18(13)20-14-8-3-4-10-16(14)26(24,25)21(15)12-5-1-2-11-17(22)23/h3-4,6-10,20H,1-2,5,11-12,19H2,(H,22,23). The number of unbranched alkanes of at least 4 members (excludes halogenated alkanes) is 2. The van der Waals surface area contributed by atoms with Gasteiger partial charge in [0.25, 0.3) is 10.0 Å². The number of carbonyl (C=O) groups is 1. The highest BCUT2D eigenvalue weighted by Crippen LogP contribution is 2.42. The number of nitrogen functional groups attached to an aromatic ring is 1. The number of nitrogens with zero attached hydrogens (tertiary/aromatic N) is 1. The highest BCUT2D eigenvalue weighted by Gasteiger charge is 2.32. The summed E-state index contributed by atoms with van der Waals surface area (Å²) in [5, 5.41) is 11.9. The van der Waals surface area contributed by atoms with Gasteiger partial charge in [-0.25, -0.2) is 8.42 Å². The Bertz CT molecular complexity index is 928. The van der Waals surface area contributed by atoms with Crippen LogP contribution in [0.5, 0.6) is 0 Å². The average Bonchev–Trinajstić information content (AvgIpc) is 2.69. The zero-order chi connectivity index (χ0) is 18.7. The zero-order valence-electron chi connectivity index (χ0n) is 14.2. The molecule has 0 bridgehead atoms. The molecule has 26 heavy (non-hydrogen) atoms. The van der Waals surface area contributed by atoms with E-state index in [1.807, 2.05) is 0 Å². The molecule has 4 N–H and O–H groups in total. The molecule has 0 radical (unpaired) electrons. The summed E-state index contributed by atoms with van der Waals surface area (Å²) in [5.74, 6) is -0.844. The van der Waals surface area contributed by atoms with Crippen LogP contribution in [0, 0.1) is 0 Å². The van der Waals surface area contributed by atoms with Crippen LogP contribution in [-0.4, -0.2) is 26.0 Å². The Hall–Kier alpha value is -2.74. The van der Waals surface area contributed by atoms with Crippen molar-refractivity contribution in [2.75, 3.05) is 21.9 Å². The molecule has 2 aromatic carbocycles. The summed E-state index contributed by atoms with van der Waals surface area (Å²) in [7, 11) is -3.75. The third-order valence-electron chi connectivity index (χ3n) is 4.31. The number of carboxylic acids is 1. The van der Waals surface area contributed by atoms with E-state index >= 15 is 0 Å². The van der Waals surface area contributed by atoms with Gasteiger partial charge in [0, 0.05) is 13.0 Å². The summed E-state index contributed by atoms with van der Waals surface area (Å²) in [6.07, 6.45) is 1.79. The topological polar surface area (TPSA) is 113 Å². The first kappa shape index (κ1) is 18.1. The minimum Gasteiger partial charge on any atom is -0.481 e. The molecule has 1 aliphatic heterocycles. The summed E-state index contributed by atoms with van der Waals surface area (Å²) >= 11 is 0. The summed E-state index contributed by atoms with van der Waals surface area (Å²) in [6, 6.07) is 11.9. The molecule has 0 spiro atoms. The lowest BCUT2D eigenvalue weighted by atomic mass is 10.1. The van der Waals surface area contributed by atoms with Gasteiger partial charge in [-0.1, -0.05) is 24.6 Å². The van der Waals surface area contributed by atoms with Crippen LogP contribution in [-0.2, 0) is 14.8 Å². The van der Waals surface area contributed by atoms with Crippen molar-refractivity contribution in [2.45, 2.75) is 30.6 Å². The number of nitrogens with two attached hydrogens (primary N) is 1. The minimum absolute atomic E-state index is 0.0840. The number of hydrogen-bond donors (Lipinski definition) is 3. The van der Waals surface area contributed by atoms with Crippen LogP contribution in [0.2, 0.25) is 0 Å². The van der Waals surface area contributed by atoms with E-state index in [1.165, 1.54) is 4.31 Å². The Morgan fingerprint density at radius 2 is 1.85 bits per heavy atom. The van der Waals surface area contributed by atoms with Crippen LogP contribution in [0.25, 0.3) is 0 Å². The summed E-state index contributed by atoms with van der Waals surface area (Å²) < 4.78 is 27.8. The highest BCUT2D eigenvalue weighted by molar-refractivity contribution is 7.93. The van der Waals surface area contributed by atoms with E-state index in [9.17, 15) is 13.2 Å². The summed E-state index contributed by atoms with van der Waals surface area (Å²) in [4.78, 5) is 10.8. The van der Waals surface area contributed by atoms with Gasteiger partial charge in [0.05, 0.1) is 22.7 Å². The zero-order valence-corrected chi connectivity index (χ0v) is 15.0. The monoisotopic (exact) mass is 375 g/mol. The van der Waals surface area contributed by atoms with E-state index < -0.39 is 16.0 Å². The molecule has 0 amide bonds. The molecule has 1 aliphatic rings. The van der Waals surface area contributed by atoms with Crippen LogP contribution < -0.4 is 15.4 Å². The second-order valence-corrected chi connectivity index (χ2v) is 7.97. The molecule has 0 fully saturated rings. The quantitative estimate of drug-likeness (QED) is 0.528. The van der Waals surface area contributed by atoms with Crippen LogP contribution in [0.3, 0.4) is 0 Å². The fourth-order valence-electron chi connectivity index (χ4n) is 3.03. The van der Waals surface area contributed by atoms with Crippen LogP contribution >= 0.6 is 0 Å². The smallest absolute Gasteiger partial charge is 0.303 e. The Morgan fingerprint density at radius 3 is 2.62 bits per heavy atom. The van der Waals surface area contributed by atoms with Gasteiger partial charge in [0.1, 0.15) is 4.90 Å². The molecule has 2 aromatic rings. The Balaban J connectivity index is 1.96. The maximum atomic E-state index is 13.2. The Labute approximate surface area is 152 Å². The predicted molar refractivity (Wildman–Crippen MR) is 101 cm³/mol. The fourth-order valence-corrected chi connectivity index (χ4v) is 4.69. The van der Waals surface area contributed by atoms with E-state index in [1.54, 1.807) is 42.5 Å². The highest BCUT2D eigenvalue weighted by atomic mass is 32.2. The van der Waals surface area contributed by atoms with Gasteiger partial charge in [-0.2, -0.15) is 0 Å². The first-order valence-electron chi connectivity index (χ1n) is 8.40. The number of para-hydroxylation sites is 2. The molecule has 8 heteroatoms. The second-order valence-electron chi connectivity index (χ2n) is 6.14. The third-order valence-corrected chi connectivity index (χ3v) is 6.18. The number of rotatable bonds is 6. The molecule has 0 atom stereocenters. The molecule has 0 unspecified atom stereocenters. The van der Waals surface area contributed by atoms with E-state index in [4.69, 9.17) is 10.8 Å². The lowest BCUT2D eigenvalue weighted by Crippen LogP contribution is -2.31. The number of sulfonamides is 1. The summed E-state index contributed by atoms with van der Waals surface area (Å²) in [6.45, 7) is 0.258. The molecule has 0 aliphatic carbocycles. The molecule has 0 saturated heterocycles. The number of benzene rings is 2. The van der Waals surface area contributed by atoms with Crippen molar-refractivity contribution in [1.82, 2.24) is 0 Å². The van der Waals surface area contributed by atoms with Gasteiger partial charge >= 0.3 is 5.97 Å². The number of hydrogen-bond acceptors (Lipinski definition) is 5. The van der Waals surface area contributed by atoms with Gasteiger partial charge in [0.15, 0.2) is 0 Å². The van der Waals surface area contributed by atoms with Crippen molar-refractivity contribution in [3.63, 3.8) is 0 Å². The first-order valence-corrected chi connectivity index (χ1v) is 9.84. The van der Waals surface area contributed by atoms with Gasteiger partial charge < -0.3 is 16.2 Å². The Kier molecular flexibility index (Phi) is 5.03. The van der Waals surface area contributed by atoms with E-state index in [-0.39, 0.29) is 17.9 Å². The molecule has 1 heterocycles. The lowest BCUT2D eigenvalue weighted by Gasteiger charge is -2.24. The van der Waals surface area contributed by atoms with Gasteiger partial charge in [0.2, 0.25) is 0 Å². The van der Waals surface area contributed by atoms with Crippen molar-refractivity contribution in [3.05, 3.63) is 42.5 Å². The van der Waals surface area contributed by atoms with Gasteiger partial charge in [-0.3, -0.25) is 9.10 Å². The maximum Gasteiger partial charge on any atom is 0.303 e. The Morgan fingerprint density at radius 1 is 1.08 bits per heavy atom. The van der Waals surface area contributed by atoms with Crippen molar-refractivity contribution in [1.29, 1.82) is 0 Å². The normalized spacial score (nSPS) is 14.7. The fraction of sp³-hybridized carbons (Fsp3) is 0.278. The van der Waals surface area contributed by atoms with E-state index in [0.717, 1.165) is 0 Å². The molecule has 3 rings (SSSR count). The van der Waals surface area contributed by atoms with E-state index in [2.05, 4.69) is 5.32 Å². The van der Waals surface area contributed by atoms with Gasteiger partial charge in [-0.05, 0) is 37.1 Å². The molecular formula is C18H21N3O4S. The van der Waals surface area contributed by atoms with Gasteiger partial charge in [-0.15, -0.1) is 0 Å². The van der Waals surface area contributed by atoms with Crippen LogP contribution in [0.1, 0.15) is 25.7 Å². The third kappa shape index (κ3) is 3.45. The van der Waals surface area contributed by atoms with Crippen molar-refractivity contribution >= 4 is 38.7 Å². The summed E-state index contributed by atoms with van der Waals surface area (Å²) in [5.41, 5.74) is 8.09. The first-order chi connectivity index (χ1) is 12.4. The largest absolute Gasteiger partial charge is 0.481 e. The molecule has 138 valence electrons. The second kappa shape index (κ2) is 7.25. The van der Waals surface area contributed by atoms with Crippen molar-refractivity contribution in [3.8, 4) is 0 Å². The number of aliphatic carboxylic acids is 1. The van der Waals surface area contributed by atoms with Crippen LogP contribution in [0.4, 0.5) is 22.7 Å². The number of fused-ring (bicyclic) bond motifs is 2. The molecule has 0 saturated carbocycles. The van der Waals surface area contributed by atoms with Crippen molar-refractivity contribution in [2.24, 2.45) is 0 Å². The number of anilines is 4. The number of nitrogens with one attached hydrogen (secondary N) is 1. The van der Waals surface area contributed by atoms with E-state index in [0.29, 0.717) is 42.0 Å². The molecule has 0 aromatic heterocycles. The SMILES string of the molecule is Nc1cccc2c1Nc1ccccc1S(=O)(=O)N2CCCCCC(=O)O. The minimum atomic E-state index is -3.75. The average molecular weight is 375 g/mol. The number of carboxylic acid groups (broad SMARTS) is 1.